The Labute approximate surface area is 220 Å². The second kappa shape index (κ2) is 10.3. The van der Waals surface area contributed by atoms with E-state index in [1.165, 1.54) is 26.4 Å². The fourth-order valence-electron chi connectivity index (χ4n) is 6.19. The number of ether oxygens (including phenoxy) is 2. The third-order valence-electron chi connectivity index (χ3n) is 8.16. The molecule has 2 heterocycles. The minimum absolute atomic E-state index is 0.0129. The number of benzene rings is 2. The van der Waals surface area contributed by atoms with Gasteiger partial charge in [-0.1, -0.05) is 0 Å². The summed E-state index contributed by atoms with van der Waals surface area (Å²) in [7, 11) is 2.61. The van der Waals surface area contributed by atoms with E-state index in [1.807, 2.05) is 19.1 Å². The van der Waals surface area contributed by atoms with Crippen LogP contribution in [-0.4, -0.2) is 41.7 Å². The zero-order chi connectivity index (χ0) is 27.1. The summed E-state index contributed by atoms with van der Waals surface area (Å²) in [5.41, 5.74) is 3.92. The van der Waals surface area contributed by atoms with Gasteiger partial charge in [0, 0.05) is 30.0 Å². The van der Waals surface area contributed by atoms with Gasteiger partial charge >= 0.3 is 6.09 Å². The van der Waals surface area contributed by atoms with Crippen LogP contribution >= 0.6 is 0 Å². The van der Waals surface area contributed by atoms with E-state index >= 15 is 0 Å². The molecule has 0 saturated heterocycles. The number of carbonyl (C=O) groups is 2. The summed E-state index contributed by atoms with van der Waals surface area (Å²) < 4.78 is 41.2. The van der Waals surface area contributed by atoms with Gasteiger partial charge < -0.3 is 14.0 Å². The van der Waals surface area contributed by atoms with Crippen molar-refractivity contribution in [3.8, 4) is 5.75 Å². The molecule has 1 aromatic heterocycles. The maximum atomic E-state index is 14.5. The maximum Gasteiger partial charge on any atom is 0.414 e. The Morgan fingerprint density at radius 1 is 1.05 bits per heavy atom. The summed E-state index contributed by atoms with van der Waals surface area (Å²) in [5, 5.41) is 0. The molecule has 1 aliphatic heterocycles. The van der Waals surface area contributed by atoms with Crippen LogP contribution in [0.25, 0.3) is 11.0 Å². The molecule has 5 rings (SSSR count). The third kappa shape index (κ3) is 4.52. The van der Waals surface area contributed by atoms with E-state index in [1.54, 1.807) is 11.8 Å². The van der Waals surface area contributed by atoms with Crippen molar-refractivity contribution in [1.29, 1.82) is 0 Å². The number of rotatable bonds is 5. The molecule has 38 heavy (non-hydrogen) atoms. The van der Waals surface area contributed by atoms with Crippen molar-refractivity contribution in [1.82, 2.24) is 9.55 Å². The highest BCUT2D eigenvalue weighted by Crippen LogP contribution is 2.41. The molecule has 9 heteroatoms. The molecule has 7 nitrogen and oxygen atoms in total. The van der Waals surface area contributed by atoms with E-state index in [2.05, 4.69) is 4.57 Å². The average Bonchev–Trinajstić information content (AvgIpc) is 3.26. The van der Waals surface area contributed by atoms with Gasteiger partial charge in [-0.25, -0.2) is 18.6 Å². The second-order valence-corrected chi connectivity index (χ2v) is 10.4. The normalized spacial score (nSPS) is 21.3. The molecular weight excluding hydrogens is 492 g/mol. The number of anilines is 1. The van der Waals surface area contributed by atoms with Crippen molar-refractivity contribution in [2.45, 2.75) is 70.9 Å². The fourth-order valence-corrected chi connectivity index (χ4v) is 6.19. The van der Waals surface area contributed by atoms with Gasteiger partial charge in [0.15, 0.2) is 17.4 Å². The summed E-state index contributed by atoms with van der Waals surface area (Å²) in [4.78, 5) is 31.3. The first-order chi connectivity index (χ1) is 18.2. The smallest absolute Gasteiger partial charge is 0.414 e. The first-order valence-corrected chi connectivity index (χ1v) is 13.2. The fraction of sp³-hybridized carbons (Fsp3) is 0.483. The second-order valence-electron chi connectivity index (χ2n) is 10.4. The Balaban J connectivity index is 1.62. The number of methoxy groups -OCH3 is 2. The number of amides is 1. The summed E-state index contributed by atoms with van der Waals surface area (Å²) in [6, 6.07) is 6.59. The number of aryl methyl sites for hydroxylation is 1. The molecule has 2 aromatic carbocycles. The lowest BCUT2D eigenvalue weighted by Gasteiger charge is -2.34. The van der Waals surface area contributed by atoms with Crippen molar-refractivity contribution in [3.63, 3.8) is 0 Å². The lowest BCUT2D eigenvalue weighted by molar-refractivity contribution is -0.121. The molecule has 2 aliphatic rings. The van der Waals surface area contributed by atoms with Crippen molar-refractivity contribution in [3.05, 3.63) is 52.9 Å². The molecule has 1 aliphatic carbocycles. The molecule has 3 aromatic rings. The quantitative estimate of drug-likeness (QED) is 0.400. The number of aromatic nitrogens is 2. The first kappa shape index (κ1) is 26.1. The maximum absolute atomic E-state index is 14.5. The largest absolute Gasteiger partial charge is 0.491 e. The van der Waals surface area contributed by atoms with Gasteiger partial charge in [0.05, 0.1) is 30.9 Å². The number of hydrogen-bond acceptors (Lipinski definition) is 5. The van der Waals surface area contributed by atoms with Crippen molar-refractivity contribution >= 4 is 28.6 Å². The number of halogens is 2. The van der Waals surface area contributed by atoms with Crippen LogP contribution < -0.4 is 9.64 Å². The van der Waals surface area contributed by atoms with E-state index in [-0.39, 0.29) is 30.2 Å². The molecule has 0 radical (unpaired) electrons. The van der Waals surface area contributed by atoms with Gasteiger partial charge in [-0.05, 0) is 82.2 Å². The predicted molar refractivity (Wildman–Crippen MR) is 140 cm³/mol. The van der Waals surface area contributed by atoms with Gasteiger partial charge in [0.1, 0.15) is 11.6 Å². The summed E-state index contributed by atoms with van der Waals surface area (Å²) >= 11 is 0. The zero-order valence-electron chi connectivity index (χ0n) is 22.2. The minimum atomic E-state index is -0.757. The molecule has 1 amide bonds. The van der Waals surface area contributed by atoms with Gasteiger partial charge in [-0.2, -0.15) is 0 Å². The molecular formula is C29H33F2N3O4. The van der Waals surface area contributed by atoms with Crippen molar-refractivity contribution in [2.75, 3.05) is 19.1 Å². The van der Waals surface area contributed by atoms with Crippen LogP contribution in [0.4, 0.5) is 19.3 Å². The molecule has 0 bridgehead atoms. The Morgan fingerprint density at radius 3 is 2.34 bits per heavy atom. The number of carbonyl (C=O) groups excluding carboxylic acids is 2. The van der Waals surface area contributed by atoms with Crippen LogP contribution in [0.3, 0.4) is 0 Å². The number of Topliss-reactive ketones (excluding diaryl/α,β-unsaturated/α-hetero) is 1. The molecule has 202 valence electrons. The summed E-state index contributed by atoms with van der Waals surface area (Å²) in [6.45, 7) is 3.64. The number of nitrogens with zero attached hydrogens (tertiary/aromatic N) is 3. The summed E-state index contributed by atoms with van der Waals surface area (Å²) in [6.07, 6.45) is 4.55. The van der Waals surface area contributed by atoms with E-state index in [4.69, 9.17) is 14.5 Å². The number of imidazole rings is 1. The average molecular weight is 526 g/mol. The molecule has 0 unspecified atom stereocenters. The van der Waals surface area contributed by atoms with Gasteiger partial charge in [-0.3, -0.25) is 9.69 Å². The van der Waals surface area contributed by atoms with E-state index < -0.39 is 23.5 Å². The Bertz CT molecular complexity index is 1370. The number of fused-ring (bicyclic) bond motifs is 3. The highest BCUT2D eigenvalue weighted by Gasteiger charge is 2.33. The molecule has 1 fully saturated rings. The molecule has 0 N–H and O–H groups in total. The van der Waals surface area contributed by atoms with Gasteiger partial charge in [-0.15, -0.1) is 0 Å². The SMILES string of the molecule is COC(=O)N1c2ccc3c(nc(Cc4cc(F)c(OC)c(F)c4)n3C3CCC(C(C)=O)CC3)c2CC[C@@H]1C. The topological polar surface area (TPSA) is 73.7 Å². The first-order valence-electron chi connectivity index (χ1n) is 13.2. The lowest BCUT2D eigenvalue weighted by Crippen LogP contribution is -2.42. The zero-order valence-corrected chi connectivity index (χ0v) is 22.2. The van der Waals surface area contributed by atoms with Gasteiger partial charge in [0.2, 0.25) is 0 Å². The highest BCUT2D eigenvalue weighted by atomic mass is 19.1. The van der Waals surface area contributed by atoms with Crippen LogP contribution in [0.5, 0.6) is 5.75 Å². The molecule has 1 saturated carbocycles. The van der Waals surface area contributed by atoms with Crippen molar-refractivity contribution < 1.29 is 27.8 Å². The monoisotopic (exact) mass is 525 g/mol. The van der Waals surface area contributed by atoms with Gasteiger partial charge in [0.25, 0.3) is 0 Å². The Hall–Kier alpha value is -3.49. The highest BCUT2D eigenvalue weighted by molar-refractivity contribution is 5.95. The number of ketones is 1. The van der Waals surface area contributed by atoms with Crippen LogP contribution in [0.1, 0.15) is 68.9 Å². The van der Waals surface area contributed by atoms with Crippen LogP contribution in [0.2, 0.25) is 0 Å². The number of hydrogen-bond donors (Lipinski definition) is 0. The molecule has 1 atom stereocenters. The van der Waals surface area contributed by atoms with Crippen LogP contribution in [0, 0.1) is 17.6 Å². The van der Waals surface area contributed by atoms with Crippen molar-refractivity contribution in [2.24, 2.45) is 5.92 Å². The third-order valence-corrected chi connectivity index (χ3v) is 8.16. The van der Waals surface area contributed by atoms with E-state index in [0.717, 1.165) is 60.8 Å². The van der Waals surface area contributed by atoms with Crippen LogP contribution in [-0.2, 0) is 22.4 Å². The van der Waals surface area contributed by atoms with Crippen LogP contribution in [0.15, 0.2) is 24.3 Å². The Kier molecular flexibility index (Phi) is 7.11. The molecule has 0 spiro atoms. The minimum Gasteiger partial charge on any atom is -0.491 e. The standard InChI is InChI=1S/C29H33F2N3O4/c1-16-5-10-21-24(33(16)29(36)38-4)11-12-25-27(21)32-26(15-18-13-22(30)28(37-3)23(31)14-18)34(25)20-8-6-19(7-9-20)17(2)35/h11-14,16,19-20H,5-10,15H2,1-4H3/t16-,19?,20?/m0/s1. The van der Waals surface area contributed by atoms with E-state index in [9.17, 15) is 18.4 Å². The predicted octanol–water partition coefficient (Wildman–Crippen LogP) is 6.14. The lowest BCUT2D eigenvalue weighted by atomic mass is 9.83. The summed E-state index contributed by atoms with van der Waals surface area (Å²) in [5.74, 6) is -0.936. The Morgan fingerprint density at radius 2 is 1.74 bits per heavy atom. The van der Waals surface area contributed by atoms with E-state index in [0.29, 0.717) is 11.4 Å².